The molecule has 0 bridgehead atoms. The summed E-state index contributed by atoms with van der Waals surface area (Å²) in [7, 11) is 0. The van der Waals surface area contributed by atoms with Gasteiger partial charge in [0, 0.05) is 23.4 Å². The minimum Gasteiger partial charge on any atom is -0.459 e. The summed E-state index contributed by atoms with van der Waals surface area (Å²) in [6.45, 7) is -0.176. The predicted octanol–water partition coefficient (Wildman–Crippen LogP) is 4.25. The Bertz CT molecular complexity index is 966. The van der Waals surface area contributed by atoms with Gasteiger partial charge in [-0.3, -0.25) is 14.9 Å². The minimum atomic E-state index is -0.580. The van der Waals surface area contributed by atoms with Crippen LogP contribution >= 0.6 is 11.6 Å². The van der Waals surface area contributed by atoms with Crippen molar-refractivity contribution in [3.8, 4) is 11.3 Å². The van der Waals surface area contributed by atoms with Gasteiger partial charge in [-0.05, 0) is 42.5 Å². The first-order valence-electron chi connectivity index (χ1n) is 7.53. The lowest BCUT2D eigenvalue weighted by atomic mass is 10.1. The van der Waals surface area contributed by atoms with Gasteiger partial charge in [0.2, 0.25) is 0 Å². The van der Waals surface area contributed by atoms with Gasteiger partial charge >= 0.3 is 0 Å². The molecule has 1 aromatic heterocycles. The van der Waals surface area contributed by atoms with Crippen molar-refractivity contribution in [1.29, 1.82) is 0 Å². The Morgan fingerprint density at radius 3 is 2.46 bits per heavy atom. The van der Waals surface area contributed by atoms with Gasteiger partial charge in [0.1, 0.15) is 18.1 Å². The van der Waals surface area contributed by atoms with Crippen LogP contribution < -0.4 is 5.32 Å². The van der Waals surface area contributed by atoms with E-state index in [0.29, 0.717) is 17.2 Å². The van der Waals surface area contributed by atoms with E-state index in [-0.39, 0.29) is 22.9 Å². The molecule has 132 valence electrons. The van der Waals surface area contributed by atoms with E-state index in [1.807, 2.05) is 0 Å². The number of nitro benzene ring substituents is 1. The number of benzene rings is 2. The number of aliphatic hydroxyl groups excluding tert-OH is 1. The van der Waals surface area contributed by atoms with Gasteiger partial charge in [-0.25, -0.2) is 0 Å². The fraction of sp³-hybridized carbons (Fsp3) is 0.0556. The monoisotopic (exact) mass is 372 g/mol. The van der Waals surface area contributed by atoms with Crippen LogP contribution in [0.3, 0.4) is 0 Å². The highest BCUT2D eigenvalue weighted by Gasteiger charge is 2.15. The SMILES string of the molecule is O=C(Nc1ccc(-c2ccc(CO)o2)cc1)c1ccc([N+](=O)[O-])cc1Cl. The van der Waals surface area contributed by atoms with Gasteiger partial charge in [-0.1, -0.05) is 11.6 Å². The molecule has 0 unspecified atom stereocenters. The average molecular weight is 373 g/mol. The van der Waals surface area contributed by atoms with E-state index < -0.39 is 10.8 Å². The quantitative estimate of drug-likeness (QED) is 0.514. The maximum Gasteiger partial charge on any atom is 0.270 e. The van der Waals surface area contributed by atoms with Crippen molar-refractivity contribution in [2.24, 2.45) is 0 Å². The number of carbonyl (C=O) groups is 1. The molecule has 3 rings (SSSR count). The molecular weight excluding hydrogens is 360 g/mol. The number of non-ortho nitro benzene ring substituents is 1. The number of amides is 1. The average Bonchev–Trinajstić information content (AvgIpc) is 3.11. The van der Waals surface area contributed by atoms with Crippen molar-refractivity contribution in [3.05, 3.63) is 81.1 Å². The third-order valence-electron chi connectivity index (χ3n) is 3.65. The molecule has 0 aliphatic carbocycles. The van der Waals surface area contributed by atoms with Crippen LogP contribution in [0.25, 0.3) is 11.3 Å². The highest BCUT2D eigenvalue weighted by molar-refractivity contribution is 6.34. The molecule has 26 heavy (non-hydrogen) atoms. The Hall–Kier alpha value is -3.16. The largest absolute Gasteiger partial charge is 0.459 e. The lowest BCUT2D eigenvalue weighted by Crippen LogP contribution is -2.12. The van der Waals surface area contributed by atoms with Crippen molar-refractivity contribution in [1.82, 2.24) is 0 Å². The Labute approximate surface area is 153 Å². The number of hydrogen-bond acceptors (Lipinski definition) is 5. The summed E-state index contributed by atoms with van der Waals surface area (Å²) in [6, 6.07) is 14.0. The van der Waals surface area contributed by atoms with Crippen LogP contribution in [0.5, 0.6) is 0 Å². The number of nitrogens with zero attached hydrogens (tertiary/aromatic N) is 1. The molecule has 7 nitrogen and oxygen atoms in total. The van der Waals surface area contributed by atoms with Crippen LogP contribution in [-0.2, 0) is 6.61 Å². The number of nitro groups is 1. The first-order chi connectivity index (χ1) is 12.5. The highest BCUT2D eigenvalue weighted by atomic mass is 35.5. The van der Waals surface area contributed by atoms with Gasteiger partial charge < -0.3 is 14.8 Å². The molecule has 0 radical (unpaired) electrons. The second-order valence-electron chi connectivity index (χ2n) is 5.38. The Kier molecular flexibility index (Phi) is 5.01. The van der Waals surface area contributed by atoms with Crippen LogP contribution in [0.15, 0.2) is 59.0 Å². The van der Waals surface area contributed by atoms with Gasteiger partial charge in [0.25, 0.3) is 11.6 Å². The zero-order chi connectivity index (χ0) is 18.7. The summed E-state index contributed by atoms with van der Waals surface area (Å²) >= 11 is 5.96. The van der Waals surface area contributed by atoms with Crippen molar-refractivity contribution in [3.63, 3.8) is 0 Å². The second-order valence-corrected chi connectivity index (χ2v) is 5.78. The van der Waals surface area contributed by atoms with Crippen LogP contribution in [0, 0.1) is 10.1 Å². The summed E-state index contributed by atoms with van der Waals surface area (Å²) in [5.74, 6) is 0.591. The number of aliphatic hydroxyl groups is 1. The lowest BCUT2D eigenvalue weighted by Gasteiger charge is -2.07. The second kappa shape index (κ2) is 7.38. The molecule has 0 atom stereocenters. The molecule has 1 heterocycles. The maximum atomic E-state index is 12.3. The fourth-order valence-electron chi connectivity index (χ4n) is 2.34. The van der Waals surface area contributed by atoms with Gasteiger partial charge in [-0.15, -0.1) is 0 Å². The van der Waals surface area contributed by atoms with Crippen LogP contribution in [-0.4, -0.2) is 15.9 Å². The smallest absolute Gasteiger partial charge is 0.270 e. The Morgan fingerprint density at radius 1 is 1.15 bits per heavy atom. The van der Waals surface area contributed by atoms with E-state index in [2.05, 4.69) is 5.32 Å². The third kappa shape index (κ3) is 3.74. The topological polar surface area (TPSA) is 106 Å². The van der Waals surface area contributed by atoms with Crippen molar-refractivity contribution >= 4 is 28.9 Å². The van der Waals surface area contributed by atoms with Crippen molar-refractivity contribution < 1.29 is 19.2 Å². The number of halogens is 1. The standard InChI is InChI=1S/C18H13ClN2O5/c19-16-9-13(21(24)25)5-7-15(16)18(23)20-12-3-1-11(2-4-12)17-8-6-14(10-22)26-17/h1-9,22H,10H2,(H,20,23). The summed E-state index contributed by atoms with van der Waals surface area (Å²) in [5.41, 5.74) is 1.27. The normalized spacial score (nSPS) is 10.5. The Morgan fingerprint density at radius 2 is 1.88 bits per heavy atom. The third-order valence-corrected chi connectivity index (χ3v) is 3.97. The molecule has 0 spiro atoms. The molecule has 0 saturated carbocycles. The number of rotatable bonds is 5. The van der Waals surface area contributed by atoms with Crippen molar-refractivity contribution in [2.45, 2.75) is 6.61 Å². The summed E-state index contributed by atoms with van der Waals surface area (Å²) in [6.07, 6.45) is 0. The fourth-order valence-corrected chi connectivity index (χ4v) is 2.60. The molecule has 1 amide bonds. The van der Waals surface area contributed by atoms with Crippen LogP contribution in [0.1, 0.15) is 16.1 Å². The number of nitrogens with one attached hydrogen (secondary N) is 1. The van der Waals surface area contributed by atoms with Crippen LogP contribution in [0.4, 0.5) is 11.4 Å². The number of anilines is 1. The highest BCUT2D eigenvalue weighted by Crippen LogP contribution is 2.26. The van der Waals surface area contributed by atoms with E-state index in [0.717, 1.165) is 11.6 Å². The molecule has 2 N–H and O–H groups in total. The van der Waals surface area contributed by atoms with E-state index in [1.54, 1.807) is 36.4 Å². The molecule has 0 aliphatic heterocycles. The molecule has 0 aliphatic rings. The summed E-state index contributed by atoms with van der Waals surface area (Å²) < 4.78 is 5.45. The Balaban J connectivity index is 1.74. The molecule has 2 aromatic carbocycles. The molecular formula is C18H13ClN2O5. The van der Waals surface area contributed by atoms with E-state index >= 15 is 0 Å². The predicted molar refractivity (Wildman–Crippen MR) is 96.1 cm³/mol. The maximum absolute atomic E-state index is 12.3. The molecule has 0 saturated heterocycles. The summed E-state index contributed by atoms with van der Waals surface area (Å²) in [4.78, 5) is 22.4. The van der Waals surface area contributed by atoms with E-state index in [1.165, 1.54) is 12.1 Å². The zero-order valence-corrected chi connectivity index (χ0v) is 14.1. The number of furan rings is 1. The van der Waals surface area contributed by atoms with Crippen molar-refractivity contribution in [2.75, 3.05) is 5.32 Å². The van der Waals surface area contributed by atoms with E-state index in [4.69, 9.17) is 21.1 Å². The zero-order valence-electron chi connectivity index (χ0n) is 13.3. The van der Waals surface area contributed by atoms with Crippen LogP contribution in [0.2, 0.25) is 5.02 Å². The molecule has 3 aromatic rings. The number of hydrogen-bond donors (Lipinski definition) is 2. The van der Waals surface area contributed by atoms with Gasteiger partial charge in [-0.2, -0.15) is 0 Å². The molecule has 0 fully saturated rings. The first kappa shape index (κ1) is 17.7. The lowest BCUT2D eigenvalue weighted by molar-refractivity contribution is -0.384. The minimum absolute atomic E-state index is 0.000406. The number of carbonyl (C=O) groups excluding carboxylic acids is 1. The van der Waals surface area contributed by atoms with E-state index in [9.17, 15) is 14.9 Å². The molecule has 8 heteroatoms. The first-order valence-corrected chi connectivity index (χ1v) is 7.91. The van der Waals surface area contributed by atoms with Gasteiger partial charge in [0.05, 0.1) is 15.5 Å². The van der Waals surface area contributed by atoms with Gasteiger partial charge in [0.15, 0.2) is 0 Å². The summed E-state index contributed by atoms with van der Waals surface area (Å²) in [5, 5.41) is 22.4.